The highest BCUT2D eigenvalue weighted by Crippen LogP contribution is 2.38. The van der Waals surface area contributed by atoms with E-state index in [9.17, 15) is 14.2 Å². The van der Waals surface area contributed by atoms with E-state index >= 15 is 0 Å². The van der Waals surface area contributed by atoms with Gasteiger partial charge in [-0.2, -0.15) is 0 Å². The molecule has 0 radical (unpaired) electrons. The largest absolute Gasteiger partial charge is 0.347 e. The lowest BCUT2D eigenvalue weighted by atomic mass is 10.0. The Balaban J connectivity index is 4.44. The summed E-state index contributed by atoms with van der Waals surface area (Å²) in [6, 6.07) is -1.67. The Morgan fingerprint density at radius 3 is 1.89 bits per heavy atom. The average molecular weight is 295 g/mol. The second-order valence-corrected chi connectivity index (χ2v) is 6.73. The first-order chi connectivity index (χ1) is 8.46. The van der Waals surface area contributed by atoms with Gasteiger partial charge in [-0.1, -0.05) is 13.8 Å². The van der Waals surface area contributed by atoms with Gasteiger partial charge in [0, 0.05) is 0 Å². The van der Waals surface area contributed by atoms with Gasteiger partial charge in [0.05, 0.1) is 6.04 Å². The van der Waals surface area contributed by atoms with Crippen LogP contribution in [0.1, 0.15) is 27.7 Å². The van der Waals surface area contributed by atoms with Crippen LogP contribution in [0.15, 0.2) is 0 Å². The lowest BCUT2D eigenvalue weighted by Crippen LogP contribution is -2.52. The Bertz CT molecular complexity index is 381. The summed E-state index contributed by atoms with van der Waals surface area (Å²) in [5.74, 6) is -2.55. The fraction of sp³-hybridized carbons (Fsp3) is 0.800. The summed E-state index contributed by atoms with van der Waals surface area (Å²) in [5, 5.41) is 4.52. The normalized spacial score (nSPS) is 16.6. The van der Waals surface area contributed by atoms with Crippen molar-refractivity contribution in [1.29, 1.82) is 0 Å². The molecule has 0 unspecified atom stereocenters. The maximum Gasteiger partial charge on any atom is 0.347 e. The van der Waals surface area contributed by atoms with E-state index in [1.54, 1.807) is 13.8 Å². The summed E-state index contributed by atoms with van der Waals surface area (Å²) < 4.78 is 10.9. The lowest BCUT2D eigenvalue weighted by Gasteiger charge is -2.21. The van der Waals surface area contributed by atoms with Crippen LogP contribution in [0.4, 0.5) is 0 Å². The molecule has 0 aliphatic carbocycles. The molecule has 0 fully saturated rings. The van der Waals surface area contributed by atoms with E-state index in [0.29, 0.717) is 0 Å². The lowest BCUT2D eigenvalue weighted by molar-refractivity contribution is -0.129. The molecule has 0 aliphatic rings. The Morgan fingerprint density at radius 2 is 1.53 bits per heavy atom. The molecule has 8 nitrogen and oxygen atoms in total. The Kier molecular flexibility index (Phi) is 6.65. The molecule has 9 heteroatoms. The Hall–Kier alpha value is -0.950. The van der Waals surface area contributed by atoms with Gasteiger partial charge in [-0.05, 0) is 19.8 Å². The number of carbonyl (C=O) groups excluding carboxylic acids is 2. The van der Waals surface area contributed by atoms with Crippen LogP contribution >= 0.6 is 7.60 Å². The third kappa shape index (κ3) is 6.15. The summed E-state index contributed by atoms with van der Waals surface area (Å²) in [7, 11) is -4.39. The van der Waals surface area contributed by atoms with E-state index in [2.05, 4.69) is 10.6 Å². The first-order valence-electron chi connectivity index (χ1n) is 5.88. The Morgan fingerprint density at radius 1 is 1.05 bits per heavy atom. The van der Waals surface area contributed by atoms with Crippen LogP contribution in [-0.2, 0) is 14.2 Å². The smallest absolute Gasteiger partial charge is 0.343 e. The van der Waals surface area contributed by atoms with Crippen molar-refractivity contribution in [2.24, 2.45) is 11.7 Å². The van der Waals surface area contributed by atoms with Crippen molar-refractivity contribution in [3.63, 3.8) is 0 Å². The average Bonchev–Trinajstić information content (AvgIpc) is 2.25. The first kappa shape index (κ1) is 18.0. The minimum Gasteiger partial charge on any atom is -0.343 e. The second kappa shape index (κ2) is 7.00. The van der Waals surface area contributed by atoms with E-state index in [1.807, 2.05) is 0 Å². The van der Waals surface area contributed by atoms with Crippen molar-refractivity contribution in [3.8, 4) is 0 Å². The molecule has 0 aliphatic heterocycles. The van der Waals surface area contributed by atoms with Crippen LogP contribution in [0.5, 0.6) is 0 Å². The van der Waals surface area contributed by atoms with Gasteiger partial charge in [0.1, 0.15) is 11.8 Å². The van der Waals surface area contributed by atoms with Gasteiger partial charge < -0.3 is 26.2 Å². The van der Waals surface area contributed by atoms with Crippen LogP contribution < -0.4 is 16.4 Å². The zero-order valence-electron chi connectivity index (χ0n) is 11.5. The third-order valence-electron chi connectivity index (χ3n) is 2.63. The molecule has 0 bridgehead atoms. The molecule has 0 rings (SSSR count). The number of nitrogens with one attached hydrogen (secondary N) is 2. The molecule has 0 saturated heterocycles. The van der Waals surface area contributed by atoms with Gasteiger partial charge in [0.25, 0.3) is 0 Å². The second-order valence-electron chi connectivity index (χ2n) is 4.77. The van der Waals surface area contributed by atoms with E-state index in [4.69, 9.17) is 15.5 Å². The quantitative estimate of drug-likeness (QED) is 0.403. The van der Waals surface area contributed by atoms with Crippen LogP contribution in [0.25, 0.3) is 0 Å². The fourth-order valence-electron chi connectivity index (χ4n) is 1.09. The van der Waals surface area contributed by atoms with Crippen LogP contribution in [-0.4, -0.2) is 39.5 Å². The van der Waals surface area contributed by atoms with Crippen LogP contribution in [0.3, 0.4) is 0 Å². The standard InChI is InChI=1S/C10H22N3O5P/c1-5(2)8(11)10(15)12-6(3)9(14)13-7(4)19(16,17)18/h5-8H,11H2,1-4H3,(H,12,15)(H,13,14)(H2,16,17,18)/t6-,7+,8-/m0/s1. The highest BCUT2D eigenvalue weighted by molar-refractivity contribution is 7.52. The van der Waals surface area contributed by atoms with Crippen LogP contribution in [0, 0.1) is 5.92 Å². The minimum absolute atomic E-state index is 0.0794. The van der Waals surface area contributed by atoms with E-state index < -0.39 is 37.3 Å². The van der Waals surface area contributed by atoms with Crippen molar-refractivity contribution in [2.75, 3.05) is 0 Å². The van der Waals surface area contributed by atoms with E-state index in [0.717, 1.165) is 0 Å². The number of rotatable bonds is 6. The summed E-state index contributed by atoms with van der Waals surface area (Å²) in [6.07, 6.45) is 0. The number of amides is 2. The number of carbonyl (C=O) groups is 2. The number of hydrogen-bond acceptors (Lipinski definition) is 4. The molecule has 112 valence electrons. The van der Waals surface area contributed by atoms with Crippen molar-refractivity contribution in [2.45, 2.75) is 45.6 Å². The molecule has 6 N–H and O–H groups in total. The summed E-state index contributed by atoms with van der Waals surface area (Å²) >= 11 is 0. The zero-order chi connectivity index (χ0) is 15.4. The van der Waals surface area contributed by atoms with E-state index in [-0.39, 0.29) is 5.92 Å². The van der Waals surface area contributed by atoms with Crippen molar-refractivity contribution >= 4 is 19.4 Å². The molecular weight excluding hydrogens is 273 g/mol. The monoisotopic (exact) mass is 295 g/mol. The Labute approximate surface area is 112 Å². The van der Waals surface area contributed by atoms with Gasteiger partial charge in [-0.15, -0.1) is 0 Å². The molecule has 0 aromatic carbocycles. The molecule has 3 atom stereocenters. The van der Waals surface area contributed by atoms with Gasteiger partial charge >= 0.3 is 7.60 Å². The topological polar surface area (TPSA) is 142 Å². The van der Waals surface area contributed by atoms with E-state index in [1.165, 1.54) is 13.8 Å². The minimum atomic E-state index is -4.39. The summed E-state index contributed by atoms with van der Waals surface area (Å²) in [6.45, 7) is 6.13. The molecular formula is C10H22N3O5P. The SMILES string of the molecule is CC(C)[C@H](N)C(=O)N[C@@H](C)C(=O)N[C@@H](C)P(=O)(O)O. The van der Waals surface area contributed by atoms with Crippen molar-refractivity contribution in [1.82, 2.24) is 10.6 Å². The van der Waals surface area contributed by atoms with Crippen LogP contribution in [0.2, 0.25) is 0 Å². The van der Waals surface area contributed by atoms with Gasteiger partial charge in [-0.3, -0.25) is 14.2 Å². The molecule has 0 aromatic rings. The number of nitrogens with two attached hydrogens (primary N) is 1. The fourth-order valence-corrected chi connectivity index (χ4v) is 1.39. The van der Waals surface area contributed by atoms with Crippen molar-refractivity contribution < 1.29 is 23.9 Å². The maximum atomic E-state index is 11.6. The predicted octanol–water partition coefficient (Wildman–Crippen LogP) is -0.886. The maximum absolute atomic E-state index is 11.6. The predicted molar refractivity (Wildman–Crippen MR) is 70.1 cm³/mol. The zero-order valence-corrected chi connectivity index (χ0v) is 12.3. The van der Waals surface area contributed by atoms with Gasteiger partial charge in [-0.25, -0.2) is 0 Å². The number of hydrogen-bond donors (Lipinski definition) is 5. The third-order valence-corrected chi connectivity index (χ3v) is 3.77. The van der Waals surface area contributed by atoms with Gasteiger partial charge in [0.15, 0.2) is 0 Å². The molecule has 0 spiro atoms. The highest BCUT2D eigenvalue weighted by Gasteiger charge is 2.28. The molecule has 0 aromatic heterocycles. The molecule has 2 amide bonds. The molecule has 0 saturated carbocycles. The molecule has 0 heterocycles. The van der Waals surface area contributed by atoms with Crippen molar-refractivity contribution in [3.05, 3.63) is 0 Å². The molecule has 19 heavy (non-hydrogen) atoms. The van der Waals surface area contributed by atoms with Gasteiger partial charge in [0.2, 0.25) is 11.8 Å². The summed E-state index contributed by atoms with van der Waals surface area (Å²) in [5.41, 5.74) is 5.61. The highest BCUT2D eigenvalue weighted by atomic mass is 31.2. The first-order valence-corrected chi connectivity index (χ1v) is 7.56. The summed E-state index contributed by atoms with van der Waals surface area (Å²) in [4.78, 5) is 40.9.